The van der Waals surface area contributed by atoms with E-state index < -0.39 is 39.2 Å². The molecule has 36 heavy (non-hydrogen) atoms. The molecule has 1 aliphatic carbocycles. The minimum atomic E-state index is -4.42. The maximum absolute atomic E-state index is 13.1. The quantitative estimate of drug-likeness (QED) is 0.340. The summed E-state index contributed by atoms with van der Waals surface area (Å²) < 4.78 is 66.5. The van der Waals surface area contributed by atoms with Crippen molar-refractivity contribution in [3.63, 3.8) is 0 Å². The highest BCUT2D eigenvalue weighted by Crippen LogP contribution is 2.35. The number of nitrogens with one attached hydrogen (secondary N) is 1. The number of alkyl halides is 3. The van der Waals surface area contributed by atoms with Crippen molar-refractivity contribution < 1.29 is 35.7 Å². The van der Waals surface area contributed by atoms with Crippen molar-refractivity contribution in [3.05, 3.63) is 57.9 Å². The fraction of sp³-hybridized carbons (Fsp3) is 0.400. The van der Waals surface area contributed by atoms with Crippen LogP contribution in [-0.4, -0.2) is 57.8 Å². The van der Waals surface area contributed by atoms with E-state index >= 15 is 0 Å². The fourth-order valence-corrected chi connectivity index (χ4v) is 5.10. The number of hydrogen-bond donors (Lipinski definition) is 3. The van der Waals surface area contributed by atoms with Gasteiger partial charge < -0.3 is 10.4 Å². The average Bonchev–Trinajstić information content (AvgIpc) is 3.52. The first kappa shape index (κ1) is 26.2. The van der Waals surface area contributed by atoms with Gasteiger partial charge in [0.15, 0.2) is 0 Å². The molecule has 16 heteroatoms. The summed E-state index contributed by atoms with van der Waals surface area (Å²) in [5, 5.41) is 22.3. The number of anilines is 1. The van der Waals surface area contributed by atoms with Crippen LogP contribution in [0.25, 0.3) is 0 Å². The monoisotopic (exact) mass is 546 g/mol. The van der Waals surface area contributed by atoms with Crippen molar-refractivity contribution in [1.82, 2.24) is 19.7 Å². The first-order valence-corrected chi connectivity index (χ1v) is 12.8. The number of nitrogens with zero attached hydrogens (tertiary/aromatic N) is 4. The van der Waals surface area contributed by atoms with Crippen LogP contribution in [0, 0.1) is 5.92 Å². The highest BCUT2D eigenvalue weighted by molar-refractivity contribution is 7.84. The van der Waals surface area contributed by atoms with Gasteiger partial charge in [-0.05, 0) is 31.0 Å². The van der Waals surface area contributed by atoms with Gasteiger partial charge in [0.25, 0.3) is 0 Å². The normalized spacial score (nSPS) is 20.5. The first-order valence-electron chi connectivity index (χ1n) is 10.5. The van der Waals surface area contributed by atoms with Crippen molar-refractivity contribution in [2.45, 2.75) is 37.7 Å². The SMILES string of the molecule is NS(=O)(=O)OC[C@H]1C[C@@H](Nc2ncncc2C(=O)c2ccn(Cc3ccc(C(F)(F)F)s3)n2)C[C@@H]1O. The van der Waals surface area contributed by atoms with E-state index in [-0.39, 0.29) is 42.7 Å². The van der Waals surface area contributed by atoms with Crippen molar-refractivity contribution in [3.8, 4) is 0 Å². The molecule has 4 N–H and O–H groups in total. The molecule has 3 atom stereocenters. The van der Waals surface area contributed by atoms with E-state index in [0.717, 1.165) is 6.07 Å². The van der Waals surface area contributed by atoms with E-state index in [1.54, 1.807) is 0 Å². The van der Waals surface area contributed by atoms with Gasteiger partial charge in [0, 0.05) is 29.2 Å². The van der Waals surface area contributed by atoms with Crippen molar-refractivity contribution >= 4 is 33.2 Å². The smallest absolute Gasteiger partial charge is 0.393 e. The Kier molecular flexibility index (Phi) is 7.42. The number of ketones is 1. The van der Waals surface area contributed by atoms with Crippen molar-refractivity contribution in [1.29, 1.82) is 0 Å². The fourth-order valence-electron chi connectivity index (χ4n) is 3.87. The molecule has 3 aromatic heterocycles. The predicted molar refractivity (Wildman–Crippen MR) is 121 cm³/mol. The van der Waals surface area contributed by atoms with Gasteiger partial charge in [0.2, 0.25) is 5.78 Å². The number of aliphatic hydroxyl groups excluding tert-OH is 1. The Bertz CT molecular complexity index is 1340. The molecule has 0 radical (unpaired) electrons. The topological polar surface area (TPSA) is 162 Å². The van der Waals surface area contributed by atoms with Crippen molar-refractivity contribution in [2.75, 3.05) is 11.9 Å². The summed E-state index contributed by atoms with van der Waals surface area (Å²) in [5.41, 5.74) is 0.156. The zero-order valence-electron chi connectivity index (χ0n) is 18.4. The van der Waals surface area contributed by atoms with Gasteiger partial charge in [-0.15, -0.1) is 11.3 Å². The standard InChI is InChI=1S/C20H21F3N6O5S2/c21-20(22,23)17-2-1-13(35-17)8-29-4-3-15(28-29)18(31)14-7-25-10-26-19(14)27-12-5-11(16(30)6-12)9-34-36(24,32)33/h1-4,7,10-12,16,30H,5-6,8-9H2,(H2,24,32,33)(H,25,26,27)/t11-,12-,16+/m1/s1. The summed E-state index contributed by atoms with van der Waals surface area (Å²) in [5.74, 6) is -0.804. The summed E-state index contributed by atoms with van der Waals surface area (Å²) in [6, 6.07) is 3.47. The van der Waals surface area contributed by atoms with E-state index in [9.17, 15) is 31.5 Å². The van der Waals surface area contributed by atoms with Gasteiger partial charge in [0.1, 0.15) is 22.7 Å². The third kappa shape index (κ3) is 6.44. The Balaban J connectivity index is 1.43. The third-order valence-corrected chi connectivity index (χ3v) is 7.11. The van der Waals surface area contributed by atoms with E-state index in [1.165, 1.54) is 35.5 Å². The molecule has 3 aromatic rings. The summed E-state index contributed by atoms with van der Waals surface area (Å²) in [4.78, 5) is 20.8. The number of rotatable bonds is 9. The zero-order valence-corrected chi connectivity index (χ0v) is 20.1. The Morgan fingerprint density at radius 3 is 2.78 bits per heavy atom. The molecule has 0 amide bonds. The van der Waals surface area contributed by atoms with Gasteiger partial charge >= 0.3 is 16.5 Å². The third-order valence-electron chi connectivity index (χ3n) is 5.53. The van der Waals surface area contributed by atoms with Crippen LogP contribution in [0.5, 0.6) is 0 Å². The van der Waals surface area contributed by atoms with Crippen LogP contribution in [0.1, 0.15) is 38.6 Å². The molecule has 0 saturated heterocycles. The number of aliphatic hydroxyl groups is 1. The van der Waals surface area contributed by atoms with Gasteiger partial charge in [-0.1, -0.05) is 0 Å². The molecule has 1 fully saturated rings. The molecule has 1 saturated carbocycles. The van der Waals surface area contributed by atoms with Crippen LogP contribution >= 0.6 is 11.3 Å². The summed E-state index contributed by atoms with van der Waals surface area (Å²) in [6.07, 6.45) is -0.653. The Hall–Kier alpha value is -2.92. The maximum atomic E-state index is 13.1. The van der Waals surface area contributed by atoms with Crippen LogP contribution < -0.4 is 10.5 Å². The second-order valence-electron chi connectivity index (χ2n) is 8.19. The molecular weight excluding hydrogens is 525 g/mol. The molecule has 0 aliphatic heterocycles. The molecule has 11 nitrogen and oxygen atoms in total. The highest BCUT2D eigenvalue weighted by atomic mass is 32.2. The van der Waals surface area contributed by atoms with Gasteiger partial charge in [-0.3, -0.25) is 13.7 Å². The minimum absolute atomic E-state index is 0.0475. The number of nitrogens with two attached hydrogens (primary N) is 1. The number of hydrogen-bond acceptors (Lipinski definition) is 10. The van der Waals surface area contributed by atoms with Crippen LogP contribution in [0.2, 0.25) is 0 Å². The second kappa shape index (κ2) is 10.2. The first-order chi connectivity index (χ1) is 16.9. The lowest BCUT2D eigenvalue weighted by atomic mass is 10.1. The lowest BCUT2D eigenvalue weighted by Gasteiger charge is -2.15. The summed E-state index contributed by atoms with van der Waals surface area (Å²) >= 11 is 0.603. The van der Waals surface area contributed by atoms with Gasteiger partial charge in [0.05, 0.1) is 24.8 Å². The van der Waals surface area contributed by atoms with E-state index in [0.29, 0.717) is 22.6 Å². The summed E-state index contributed by atoms with van der Waals surface area (Å²) in [7, 11) is -4.14. The molecule has 3 heterocycles. The lowest BCUT2D eigenvalue weighted by molar-refractivity contribution is -0.134. The van der Waals surface area contributed by atoms with Gasteiger partial charge in [-0.2, -0.15) is 26.7 Å². The highest BCUT2D eigenvalue weighted by Gasteiger charge is 2.35. The van der Waals surface area contributed by atoms with Crippen LogP contribution in [-0.2, 0) is 27.2 Å². The number of carbonyl (C=O) groups is 1. The molecule has 0 aromatic carbocycles. The molecule has 1 aliphatic rings. The van der Waals surface area contributed by atoms with E-state index in [2.05, 4.69) is 24.6 Å². The molecular formula is C20H21F3N6O5S2. The van der Waals surface area contributed by atoms with Crippen LogP contribution in [0.4, 0.5) is 19.0 Å². The van der Waals surface area contributed by atoms with Gasteiger partial charge in [-0.25, -0.2) is 15.1 Å². The molecule has 0 unspecified atom stereocenters. The molecule has 0 spiro atoms. The molecule has 0 bridgehead atoms. The Morgan fingerprint density at radius 2 is 2.08 bits per heavy atom. The number of carbonyl (C=O) groups excluding carboxylic acids is 1. The molecule has 4 rings (SSSR count). The lowest BCUT2D eigenvalue weighted by Crippen LogP contribution is -2.24. The van der Waals surface area contributed by atoms with Crippen LogP contribution in [0.15, 0.2) is 36.9 Å². The largest absolute Gasteiger partial charge is 0.425 e. The average molecular weight is 547 g/mol. The predicted octanol–water partition coefficient (Wildman–Crippen LogP) is 1.80. The van der Waals surface area contributed by atoms with E-state index in [4.69, 9.17) is 5.14 Å². The number of aromatic nitrogens is 4. The minimum Gasteiger partial charge on any atom is -0.393 e. The van der Waals surface area contributed by atoms with Crippen molar-refractivity contribution in [2.24, 2.45) is 11.1 Å². The number of thiophene rings is 1. The molecule has 194 valence electrons. The maximum Gasteiger partial charge on any atom is 0.425 e. The Morgan fingerprint density at radius 1 is 1.31 bits per heavy atom. The van der Waals surface area contributed by atoms with E-state index in [1.807, 2.05) is 0 Å². The zero-order chi connectivity index (χ0) is 26.1. The second-order valence-corrected chi connectivity index (χ2v) is 10.6. The number of halogens is 3. The summed E-state index contributed by atoms with van der Waals surface area (Å²) in [6.45, 7) is -0.216. The Labute approximate surface area is 207 Å². The van der Waals surface area contributed by atoms with Crippen LogP contribution in [0.3, 0.4) is 0 Å².